The molecule has 0 atom stereocenters. The van der Waals surface area contributed by atoms with Crippen LogP contribution in [0.3, 0.4) is 0 Å². The molecule has 0 amide bonds. The van der Waals surface area contributed by atoms with Gasteiger partial charge in [-0.2, -0.15) is 15.0 Å². The zero-order valence-electron chi connectivity index (χ0n) is 11.0. The molecular formula is C13H12F2N4O. The van der Waals surface area contributed by atoms with Gasteiger partial charge in [-0.05, 0) is 19.4 Å². The number of aromatic nitrogens is 3. The van der Waals surface area contributed by atoms with Gasteiger partial charge in [0, 0.05) is 12.6 Å². The highest BCUT2D eigenvalue weighted by Gasteiger charge is 2.17. The van der Waals surface area contributed by atoms with Crippen LogP contribution in [-0.4, -0.2) is 14.3 Å². The fraction of sp³-hybridized carbons (Fsp3) is 0.308. The van der Waals surface area contributed by atoms with Gasteiger partial charge in [-0.3, -0.25) is 4.57 Å². The molecule has 2 aromatic rings. The van der Waals surface area contributed by atoms with Gasteiger partial charge in [0.1, 0.15) is 23.4 Å². The van der Waals surface area contributed by atoms with Gasteiger partial charge in [0.15, 0.2) is 5.82 Å². The molecule has 0 aliphatic carbocycles. The van der Waals surface area contributed by atoms with E-state index in [1.165, 1.54) is 10.6 Å². The third-order valence-corrected chi connectivity index (χ3v) is 2.88. The minimum atomic E-state index is -0.890. The van der Waals surface area contributed by atoms with Crippen LogP contribution < -0.4 is 5.69 Å². The van der Waals surface area contributed by atoms with Crippen molar-refractivity contribution in [3.8, 4) is 11.8 Å². The number of benzene rings is 1. The molecule has 0 saturated carbocycles. The molecule has 0 N–H and O–H groups in total. The van der Waals surface area contributed by atoms with E-state index < -0.39 is 22.9 Å². The van der Waals surface area contributed by atoms with E-state index in [1.807, 2.05) is 6.92 Å². The summed E-state index contributed by atoms with van der Waals surface area (Å²) in [6.07, 6.45) is 0.719. The van der Waals surface area contributed by atoms with Crippen LogP contribution in [0.4, 0.5) is 8.78 Å². The number of aryl methyl sites for hydroxylation is 1. The molecule has 0 saturated heterocycles. The normalized spacial score (nSPS) is 10.6. The lowest BCUT2D eigenvalue weighted by atomic mass is 10.2. The number of hydrogen-bond acceptors (Lipinski definition) is 3. The quantitative estimate of drug-likeness (QED) is 0.861. The number of nitriles is 1. The molecule has 0 unspecified atom stereocenters. The van der Waals surface area contributed by atoms with E-state index >= 15 is 0 Å². The predicted octanol–water partition coefficient (Wildman–Crippen LogP) is 1.90. The molecule has 0 fully saturated rings. The largest absolute Gasteiger partial charge is 0.350 e. The maximum atomic E-state index is 13.9. The summed E-state index contributed by atoms with van der Waals surface area (Å²) >= 11 is 0. The highest BCUT2D eigenvalue weighted by molar-refractivity contribution is 5.41. The Kier molecular flexibility index (Phi) is 3.66. The first-order valence-corrected chi connectivity index (χ1v) is 6.05. The Hall–Kier alpha value is -2.49. The van der Waals surface area contributed by atoms with Gasteiger partial charge in [-0.25, -0.2) is 13.6 Å². The molecule has 0 aliphatic heterocycles. The molecule has 0 radical (unpaired) electrons. The standard InChI is InChI=1S/C13H12F2N4O/c1-3-4-18-8(2)17-19(13(18)20)12-6-10(14)9(7-16)5-11(12)15/h5-6H,3-4H2,1-2H3. The first-order chi connectivity index (χ1) is 9.49. The van der Waals surface area contributed by atoms with Gasteiger partial charge >= 0.3 is 5.69 Å². The fourth-order valence-corrected chi connectivity index (χ4v) is 1.92. The molecule has 0 bridgehead atoms. The average Bonchev–Trinajstić information content (AvgIpc) is 2.69. The lowest BCUT2D eigenvalue weighted by Gasteiger charge is -2.03. The van der Waals surface area contributed by atoms with Gasteiger partial charge in [-0.1, -0.05) is 6.92 Å². The van der Waals surface area contributed by atoms with E-state index in [2.05, 4.69) is 5.10 Å². The first-order valence-electron chi connectivity index (χ1n) is 6.05. The Morgan fingerprint density at radius 1 is 1.35 bits per heavy atom. The summed E-state index contributed by atoms with van der Waals surface area (Å²) in [4.78, 5) is 12.1. The highest BCUT2D eigenvalue weighted by Crippen LogP contribution is 2.16. The van der Waals surface area contributed by atoms with Crippen molar-refractivity contribution in [3.63, 3.8) is 0 Å². The third kappa shape index (κ3) is 2.20. The molecule has 1 heterocycles. The Morgan fingerprint density at radius 3 is 2.65 bits per heavy atom. The Balaban J connectivity index is 2.64. The second kappa shape index (κ2) is 5.25. The summed E-state index contributed by atoms with van der Waals surface area (Å²) in [6, 6.07) is 3.10. The molecule has 7 heteroatoms. The summed E-state index contributed by atoms with van der Waals surface area (Å²) in [6.45, 7) is 3.96. The summed E-state index contributed by atoms with van der Waals surface area (Å²) in [5, 5.41) is 12.6. The number of nitrogens with zero attached hydrogens (tertiary/aromatic N) is 4. The monoisotopic (exact) mass is 278 g/mol. The Labute approximate surface area is 113 Å². The second-order valence-corrected chi connectivity index (χ2v) is 4.29. The summed E-state index contributed by atoms with van der Waals surface area (Å²) in [5.74, 6) is -1.34. The van der Waals surface area contributed by atoms with Crippen LogP contribution in [0.15, 0.2) is 16.9 Å². The lowest BCUT2D eigenvalue weighted by molar-refractivity contribution is 0.578. The summed E-state index contributed by atoms with van der Waals surface area (Å²) in [7, 11) is 0. The lowest BCUT2D eigenvalue weighted by Crippen LogP contribution is -2.25. The van der Waals surface area contributed by atoms with E-state index in [9.17, 15) is 13.6 Å². The molecule has 1 aromatic heterocycles. The molecule has 1 aromatic carbocycles. The van der Waals surface area contributed by atoms with Crippen LogP contribution in [0.5, 0.6) is 0 Å². The van der Waals surface area contributed by atoms with Crippen LogP contribution in [0.1, 0.15) is 24.7 Å². The van der Waals surface area contributed by atoms with Crippen LogP contribution in [-0.2, 0) is 6.54 Å². The zero-order chi connectivity index (χ0) is 14.9. The van der Waals surface area contributed by atoms with E-state index in [1.54, 1.807) is 6.92 Å². The van der Waals surface area contributed by atoms with Crippen LogP contribution >= 0.6 is 0 Å². The van der Waals surface area contributed by atoms with Gasteiger partial charge in [0.25, 0.3) is 0 Å². The molecule has 0 spiro atoms. The van der Waals surface area contributed by atoms with E-state index in [0.29, 0.717) is 12.4 Å². The van der Waals surface area contributed by atoms with Crippen molar-refractivity contribution in [1.82, 2.24) is 14.3 Å². The molecule has 20 heavy (non-hydrogen) atoms. The van der Waals surface area contributed by atoms with Crippen molar-refractivity contribution in [2.24, 2.45) is 0 Å². The topological polar surface area (TPSA) is 63.6 Å². The SMILES string of the molecule is CCCn1c(C)nn(-c2cc(F)c(C#N)cc2F)c1=O. The zero-order valence-corrected chi connectivity index (χ0v) is 11.0. The average molecular weight is 278 g/mol. The minimum absolute atomic E-state index is 0.301. The smallest absolute Gasteiger partial charge is 0.279 e. The second-order valence-electron chi connectivity index (χ2n) is 4.29. The minimum Gasteiger partial charge on any atom is -0.279 e. The van der Waals surface area contributed by atoms with Crippen LogP contribution in [0.2, 0.25) is 0 Å². The van der Waals surface area contributed by atoms with E-state index in [0.717, 1.165) is 23.2 Å². The van der Waals surface area contributed by atoms with Crippen molar-refractivity contribution in [1.29, 1.82) is 5.26 Å². The van der Waals surface area contributed by atoms with Crippen molar-refractivity contribution < 1.29 is 8.78 Å². The fourth-order valence-electron chi connectivity index (χ4n) is 1.92. The van der Waals surface area contributed by atoms with Crippen LogP contribution in [0, 0.1) is 29.9 Å². The summed E-state index contributed by atoms with van der Waals surface area (Å²) < 4.78 is 29.6. The number of hydrogen-bond donors (Lipinski definition) is 0. The number of halogens is 2. The van der Waals surface area contributed by atoms with Gasteiger partial charge in [0.2, 0.25) is 0 Å². The number of rotatable bonds is 3. The third-order valence-electron chi connectivity index (χ3n) is 2.88. The van der Waals surface area contributed by atoms with Crippen molar-refractivity contribution in [2.45, 2.75) is 26.8 Å². The van der Waals surface area contributed by atoms with Crippen molar-refractivity contribution in [3.05, 3.63) is 45.6 Å². The Bertz CT molecular complexity index is 755. The van der Waals surface area contributed by atoms with Gasteiger partial charge in [-0.15, -0.1) is 0 Å². The maximum absolute atomic E-state index is 13.9. The molecule has 0 aliphatic rings. The van der Waals surface area contributed by atoms with Crippen molar-refractivity contribution >= 4 is 0 Å². The molecule has 5 nitrogen and oxygen atoms in total. The van der Waals surface area contributed by atoms with E-state index in [-0.39, 0.29) is 5.69 Å². The Morgan fingerprint density at radius 2 is 2.05 bits per heavy atom. The van der Waals surface area contributed by atoms with E-state index in [4.69, 9.17) is 5.26 Å². The predicted molar refractivity (Wildman–Crippen MR) is 67.5 cm³/mol. The van der Waals surface area contributed by atoms with Gasteiger partial charge < -0.3 is 0 Å². The van der Waals surface area contributed by atoms with Crippen molar-refractivity contribution in [2.75, 3.05) is 0 Å². The van der Waals surface area contributed by atoms with Crippen LogP contribution in [0.25, 0.3) is 5.69 Å². The maximum Gasteiger partial charge on any atom is 0.350 e. The summed E-state index contributed by atoms with van der Waals surface area (Å²) in [5.41, 5.74) is -1.25. The first kappa shape index (κ1) is 13.9. The van der Waals surface area contributed by atoms with Gasteiger partial charge in [0.05, 0.1) is 5.56 Å². The highest BCUT2D eigenvalue weighted by atomic mass is 19.1. The molecular weight excluding hydrogens is 266 g/mol. The molecule has 2 rings (SSSR count). The molecule has 104 valence electrons.